The first kappa shape index (κ1) is 11.1. The summed E-state index contributed by atoms with van der Waals surface area (Å²) in [7, 11) is 2.04. The van der Waals surface area contributed by atoms with Gasteiger partial charge in [-0.1, -0.05) is 0 Å². The SMILES string of the molecule is Cc1cncc(N(C)Cc2ccc(C)s2)n1. The van der Waals surface area contributed by atoms with Crippen LogP contribution in [0.4, 0.5) is 5.82 Å². The summed E-state index contributed by atoms with van der Waals surface area (Å²) in [5.74, 6) is 0.922. The van der Waals surface area contributed by atoms with Crippen molar-refractivity contribution >= 4 is 17.2 Å². The Labute approximate surface area is 99.8 Å². The molecule has 0 spiro atoms. The lowest BCUT2D eigenvalue weighted by atomic mass is 10.4. The monoisotopic (exact) mass is 233 g/mol. The van der Waals surface area contributed by atoms with Gasteiger partial charge < -0.3 is 4.90 Å². The largest absolute Gasteiger partial charge is 0.353 e. The number of aromatic nitrogens is 2. The first-order valence-electron chi connectivity index (χ1n) is 5.20. The predicted molar refractivity (Wildman–Crippen MR) is 67.9 cm³/mol. The summed E-state index contributed by atoms with van der Waals surface area (Å²) in [6.07, 6.45) is 3.57. The third-order valence-corrected chi connectivity index (χ3v) is 3.31. The van der Waals surface area contributed by atoms with Crippen LogP contribution in [0.3, 0.4) is 0 Å². The summed E-state index contributed by atoms with van der Waals surface area (Å²) in [5, 5.41) is 0. The van der Waals surface area contributed by atoms with E-state index in [4.69, 9.17) is 0 Å². The first-order valence-corrected chi connectivity index (χ1v) is 6.02. The van der Waals surface area contributed by atoms with Crippen LogP contribution in [0.25, 0.3) is 0 Å². The van der Waals surface area contributed by atoms with Crippen molar-refractivity contribution in [2.75, 3.05) is 11.9 Å². The summed E-state index contributed by atoms with van der Waals surface area (Å²) < 4.78 is 0. The topological polar surface area (TPSA) is 29.0 Å². The molecule has 2 heterocycles. The van der Waals surface area contributed by atoms with Gasteiger partial charge in [0.15, 0.2) is 0 Å². The second-order valence-corrected chi connectivity index (χ2v) is 5.26. The van der Waals surface area contributed by atoms with Gasteiger partial charge in [0.1, 0.15) is 5.82 Å². The highest BCUT2D eigenvalue weighted by atomic mass is 32.1. The van der Waals surface area contributed by atoms with Crippen LogP contribution in [0.15, 0.2) is 24.5 Å². The van der Waals surface area contributed by atoms with Crippen molar-refractivity contribution < 1.29 is 0 Å². The fourth-order valence-electron chi connectivity index (χ4n) is 1.52. The van der Waals surface area contributed by atoms with Crippen molar-refractivity contribution in [3.05, 3.63) is 40.0 Å². The second-order valence-electron chi connectivity index (χ2n) is 3.89. The van der Waals surface area contributed by atoms with Crippen LogP contribution in [-0.2, 0) is 6.54 Å². The molecule has 3 nitrogen and oxygen atoms in total. The Hall–Kier alpha value is -1.42. The van der Waals surface area contributed by atoms with Crippen LogP contribution in [0.2, 0.25) is 0 Å². The molecule has 0 aliphatic rings. The van der Waals surface area contributed by atoms with Crippen molar-refractivity contribution in [3.63, 3.8) is 0 Å². The summed E-state index contributed by atoms with van der Waals surface area (Å²) in [5.41, 5.74) is 0.951. The van der Waals surface area contributed by atoms with Crippen LogP contribution in [0.5, 0.6) is 0 Å². The third-order valence-electron chi connectivity index (χ3n) is 2.32. The number of aryl methyl sites for hydroxylation is 2. The Morgan fingerprint density at radius 1 is 1.25 bits per heavy atom. The van der Waals surface area contributed by atoms with Gasteiger partial charge in [0.25, 0.3) is 0 Å². The van der Waals surface area contributed by atoms with E-state index in [2.05, 4.69) is 33.9 Å². The van der Waals surface area contributed by atoms with E-state index in [1.54, 1.807) is 12.4 Å². The average molecular weight is 233 g/mol. The number of hydrogen-bond acceptors (Lipinski definition) is 4. The number of rotatable bonds is 3. The predicted octanol–water partition coefficient (Wildman–Crippen LogP) is 2.79. The Kier molecular flexibility index (Phi) is 3.19. The average Bonchev–Trinajstić information content (AvgIpc) is 2.64. The maximum Gasteiger partial charge on any atom is 0.147 e. The maximum atomic E-state index is 4.44. The van der Waals surface area contributed by atoms with E-state index in [-0.39, 0.29) is 0 Å². The molecule has 0 bridgehead atoms. The zero-order valence-electron chi connectivity index (χ0n) is 9.77. The fourth-order valence-corrected chi connectivity index (χ4v) is 2.46. The van der Waals surface area contributed by atoms with E-state index in [1.165, 1.54) is 9.75 Å². The minimum Gasteiger partial charge on any atom is -0.353 e. The molecule has 0 atom stereocenters. The van der Waals surface area contributed by atoms with E-state index in [0.29, 0.717) is 0 Å². The lowest BCUT2D eigenvalue weighted by Crippen LogP contribution is -2.17. The molecule has 0 fully saturated rings. The zero-order chi connectivity index (χ0) is 11.5. The van der Waals surface area contributed by atoms with Crippen molar-refractivity contribution in [2.24, 2.45) is 0 Å². The van der Waals surface area contributed by atoms with Gasteiger partial charge in [-0.05, 0) is 26.0 Å². The number of thiophene rings is 1. The van der Waals surface area contributed by atoms with Crippen LogP contribution in [0, 0.1) is 13.8 Å². The number of hydrogen-bond donors (Lipinski definition) is 0. The summed E-state index contributed by atoms with van der Waals surface area (Å²) >= 11 is 1.83. The van der Waals surface area contributed by atoms with Crippen LogP contribution < -0.4 is 4.90 Å². The van der Waals surface area contributed by atoms with Gasteiger partial charge in [-0.15, -0.1) is 11.3 Å². The minimum absolute atomic E-state index is 0.886. The lowest BCUT2D eigenvalue weighted by Gasteiger charge is -2.16. The first-order chi connectivity index (χ1) is 7.65. The second kappa shape index (κ2) is 4.61. The molecule has 4 heteroatoms. The van der Waals surface area contributed by atoms with Gasteiger partial charge in [-0.25, -0.2) is 4.98 Å². The highest BCUT2D eigenvalue weighted by Gasteiger charge is 2.05. The quantitative estimate of drug-likeness (QED) is 0.816. The van der Waals surface area contributed by atoms with Crippen LogP contribution in [-0.4, -0.2) is 17.0 Å². The molecule has 0 N–H and O–H groups in total. The van der Waals surface area contributed by atoms with Gasteiger partial charge in [0, 0.05) is 23.0 Å². The zero-order valence-corrected chi connectivity index (χ0v) is 10.6. The lowest BCUT2D eigenvalue weighted by molar-refractivity contribution is 0.895. The molecular formula is C12H15N3S. The molecule has 0 amide bonds. The maximum absolute atomic E-state index is 4.44. The molecule has 84 valence electrons. The van der Waals surface area contributed by atoms with E-state index in [0.717, 1.165) is 18.1 Å². The third kappa shape index (κ3) is 2.58. The van der Waals surface area contributed by atoms with Crippen LogP contribution >= 0.6 is 11.3 Å². The van der Waals surface area contributed by atoms with E-state index in [9.17, 15) is 0 Å². The van der Waals surface area contributed by atoms with Gasteiger partial charge in [0.2, 0.25) is 0 Å². The van der Waals surface area contributed by atoms with E-state index >= 15 is 0 Å². The molecule has 0 unspecified atom stereocenters. The van der Waals surface area contributed by atoms with Crippen LogP contribution in [0.1, 0.15) is 15.4 Å². The minimum atomic E-state index is 0.886. The van der Waals surface area contributed by atoms with Gasteiger partial charge in [-0.3, -0.25) is 4.98 Å². The molecule has 16 heavy (non-hydrogen) atoms. The Morgan fingerprint density at radius 3 is 2.69 bits per heavy atom. The normalized spacial score (nSPS) is 10.4. The number of nitrogens with zero attached hydrogens (tertiary/aromatic N) is 3. The molecule has 0 aliphatic heterocycles. The summed E-state index contributed by atoms with van der Waals surface area (Å²) in [4.78, 5) is 13.4. The Bertz CT molecular complexity index is 479. The van der Waals surface area contributed by atoms with Crippen molar-refractivity contribution in [1.29, 1.82) is 0 Å². The molecular weight excluding hydrogens is 218 g/mol. The molecule has 0 radical (unpaired) electrons. The molecule has 2 rings (SSSR count). The van der Waals surface area contributed by atoms with Gasteiger partial charge in [0.05, 0.1) is 18.4 Å². The molecule has 0 aliphatic carbocycles. The van der Waals surface area contributed by atoms with Crippen molar-refractivity contribution in [2.45, 2.75) is 20.4 Å². The molecule has 0 saturated heterocycles. The number of anilines is 1. The van der Waals surface area contributed by atoms with E-state index in [1.807, 2.05) is 25.3 Å². The fraction of sp³-hybridized carbons (Fsp3) is 0.333. The Balaban J connectivity index is 2.11. The highest BCUT2D eigenvalue weighted by Crippen LogP contribution is 2.18. The molecule has 2 aromatic rings. The van der Waals surface area contributed by atoms with E-state index < -0.39 is 0 Å². The molecule has 0 aromatic carbocycles. The smallest absolute Gasteiger partial charge is 0.147 e. The molecule has 2 aromatic heterocycles. The summed E-state index contributed by atoms with van der Waals surface area (Å²) in [6, 6.07) is 4.31. The van der Waals surface area contributed by atoms with Gasteiger partial charge >= 0.3 is 0 Å². The van der Waals surface area contributed by atoms with Gasteiger partial charge in [-0.2, -0.15) is 0 Å². The van der Waals surface area contributed by atoms with Crippen molar-refractivity contribution in [3.8, 4) is 0 Å². The summed E-state index contributed by atoms with van der Waals surface area (Å²) in [6.45, 7) is 4.97. The molecule has 0 saturated carbocycles. The van der Waals surface area contributed by atoms with Crippen molar-refractivity contribution in [1.82, 2.24) is 9.97 Å². The Morgan fingerprint density at radius 2 is 2.06 bits per heavy atom. The highest BCUT2D eigenvalue weighted by molar-refractivity contribution is 7.11. The standard InChI is InChI=1S/C12H15N3S/c1-9-6-13-7-12(14-9)15(3)8-11-5-4-10(2)16-11/h4-7H,8H2,1-3H3.